The van der Waals surface area contributed by atoms with Crippen molar-refractivity contribution in [2.75, 3.05) is 18.4 Å². The Morgan fingerprint density at radius 1 is 1.03 bits per heavy atom. The first-order valence-corrected chi connectivity index (χ1v) is 11.9. The largest absolute Gasteiger partial charge is 0.416 e. The highest BCUT2D eigenvalue weighted by Gasteiger charge is 2.30. The van der Waals surface area contributed by atoms with Crippen molar-refractivity contribution in [1.82, 2.24) is 15.1 Å². The van der Waals surface area contributed by atoms with Crippen molar-refractivity contribution in [3.05, 3.63) is 71.8 Å². The summed E-state index contributed by atoms with van der Waals surface area (Å²) in [6, 6.07) is 14.1. The van der Waals surface area contributed by atoms with Gasteiger partial charge in [-0.3, -0.25) is 9.59 Å². The molecule has 1 N–H and O–H groups in total. The number of halogens is 3. The van der Waals surface area contributed by atoms with E-state index in [1.54, 1.807) is 11.0 Å². The fourth-order valence-corrected chi connectivity index (χ4v) is 3.89. The van der Waals surface area contributed by atoms with E-state index in [0.717, 1.165) is 41.9 Å². The first kappa shape index (κ1) is 26.1. The van der Waals surface area contributed by atoms with E-state index in [-0.39, 0.29) is 29.9 Å². The van der Waals surface area contributed by atoms with Gasteiger partial charge in [-0.1, -0.05) is 67.1 Å². The summed E-state index contributed by atoms with van der Waals surface area (Å²) in [5.74, 6) is -0.503. The summed E-state index contributed by atoms with van der Waals surface area (Å²) in [4.78, 5) is 26.7. The smallest absolute Gasteiger partial charge is 0.339 e. The third-order valence-electron chi connectivity index (χ3n) is 5.05. The number of nitrogens with one attached hydrogen (secondary N) is 1. The van der Waals surface area contributed by atoms with Crippen LogP contribution in [0.25, 0.3) is 16.6 Å². The third kappa shape index (κ3) is 8.03. The van der Waals surface area contributed by atoms with Gasteiger partial charge in [0.05, 0.1) is 5.56 Å². The zero-order valence-corrected chi connectivity index (χ0v) is 19.9. The van der Waals surface area contributed by atoms with Gasteiger partial charge >= 0.3 is 6.18 Å². The predicted molar refractivity (Wildman–Crippen MR) is 131 cm³/mol. The van der Waals surface area contributed by atoms with E-state index in [1.807, 2.05) is 37.3 Å². The van der Waals surface area contributed by atoms with E-state index < -0.39 is 11.7 Å². The number of alkyl halides is 3. The molecule has 35 heavy (non-hydrogen) atoms. The number of rotatable bonds is 10. The summed E-state index contributed by atoms with van der Waals surface area (Å²) in [6.07, 6.45) is 0.636. The number of amides is 2. The van der Waals surface area contributed by atoms with E-state index in [9.17, 15) is 22.8 Å². The molecule has 0 saturated heterocycles. The van der Waals surface area contributed by atoms with Gasteiger partial charge in [0, 0.05) is 31.1 Å². The number of carbonyl (C=O) groups is 2. The molecule has 0 saturated carbocycles. The fraction of sp³-hybridized carbons (Fsp3) is 0.280. The van der Waals surface area contributed by atoms with Crippen LogP contribution in [0.4, 0.5) is 18.3 Å². The van der Waals surface area contributed by atoms with Gasteiger partial charge in [-0.2, -0.15) is 13.2 Å². The minimum Gasteiger partial charge on any atom is -0.339 e. The Bertz CT molecular complexity index is 1150. The van der Waals surface area contributed by atoms with E-state index >= 15 is 0 Å². The highest BCUT2D eigenvalue weighted by Crippen LogP contribution is 2.32. The molecule has 3 aromatic rings. The molecule has 0 unspecified atom stereocenters. The summed E-state index contributed by atoms with van der Waals surface area (Å²) in [5.41, 5.74) is 0.631. The lowest BCUT2D eigenvalue weighted by molar-refractivity contribution is -0.137. The predicted octanol–water partition coefficient (Wildman–Crippen LogP) is 5.89. The zero-order valence-electron chi connectivity index (χ0n) is 19.1. The van der Waals surface area contributed by atoms with Gasteiger partial charge in [0.15, 0.2) is 0 Å². The maximum absolute atomic E-state index is 12.7. The summed E-state index contributed by atoms with van der Waals surface area (Å²) in [6.45, 7) is 2.81. The molecule has 10 heteroatoms. The van der Waals surface area contributed by atoms with E-state index in [1.165, 1.54) is 18.2 Å². The Labute approximate surface area is 205 Å². The minimum absolute atomic E-state index is 0.0732. The van der Waals surface area contributed by atoms with E-state index in [0.29, 0.717) is 17.1 Å². The first-order chi connectivity index (χ1) is 16.8. The van der Waals surface area contributed by atoms with E-state index in [4.69, 9.17) is 0 Å². The molecule has 2 amide bonds. The second-order valence-electron chi connectivity index (χ2n) is 7.71. The number of hydrogen-bond donors (Lipinski definition) is 1. The van der Waals surface area contributed by atoms with E-state index in [2.05, 4.69) is 15.5 Å². The molecule has 0 fully saturated rings. The molecule has 0 aliphatic heterocycles. The molecule has 0 bridgehead atoms. The number of benzene rings is 2. The quantitative estimate of drug-likeness (QED) is 0.351. The second-order valence-corrected chi connectivity index (χ2v) is 8.69. The molecule has 0 atom stereocenters. The summed E-state index contributed by atoms with van der Waals surface area (Å²) in [7, 11) is 0. The average Bonchev–Trinajstić information content (AvgIpc) is 3.31. The summed E-state index contributed by atoms with van der Waals surface area (Å²) in [5, 5.41) is 11.1. The van der Waals surface area contributed by atoms with Crippen LogP contribution in [0.5, 0.6) is 0 Å². The number of nitrogens with zero attached hydrogens (tertiary/aromatic N) is 3. The van der Waals surface area contributed by atoms with Crippen molar-refractivity contribution in [1.29, 1.82) is 0 Å². The number of unbranched alkanes of at least 4 members (excludes halogenated alkanes) is 1. The molecule has 2 aromatic carbocycles. The van der Waals surface area contributed by atoms with Gasteiger partial charge in [-0.05, 0) is 30.2 Å². The second kappa shape index (κ2) is 12.3. The van der Waals surface area contributed by atoms with Crippen molar-refractivity contribution < 1.29 is 22.8 Å². The molecule has 3 rings (SSSR count). The number of aromatic nitrogens is 2. The highest BCUT2D eigenvalue weighted by molar-refractivity contribution is 7.18. The summed E-state index contributed by atoms with van der Waals surface area (Å²) >= 11 is 1.06. The lowest BCUT2D eigenvalue weighted by Gasteiger charge is -2.20. The van der Waals surface area contributed by atoms with Gasteiger partial charge in [-0.25, -0.2) is 0 Å². The number of anilines is 1. The van der Waals surface area contributed by atoms with Crippen LogP contribution in [0.2, 0.25) is 0 Å². The van der Waals surface area contributed by atoms with Gasteiger partial charge in [0.25, 0.3) is 0 Å². The molecule has 6 nitrogen and oxygen atoms in total. The lowest BCUT2D eigenvalue weighted by Crippen LogP contribution is -2.33. The van der Waals surface area contributed by atoms with Crippen LogP contribution in [0.1, 0.15) is 37.3 Å². The topological polar surface area (TPSA) is 75.2 Å². The highest BCUT2D eigenvalue weighted by atomic mass is 32.1. The van der Waals surface area contributed by atoms with Crippen molar-refractivity contribution in [2.24, 2.45) is 0 Å². The van der Waals surface area contributed by atoms with Crippen LogP contribution in [-0.2, 0) is 15.8 Å². The molecule has 0 aliphatic rings. The van der Waals surface area contributed by atoms with Crippen LogP contribution in [-0.4, -0.2) is 40.0 Å². The lowest BCUT2D eigenvalue weighted by atomic mass is 10.1. The molecular weight excluding hydrogens is 477 g/mol. The molecule has 1 heterocycles. The SMILES string of the molecule is CCCCN(CCC(=O)Nc1nnc(-c2ccc(C(F)(F)F)cc2)s1)C(=O)/C=C/c1ccccc1. The number of carbonyl (C=O) groups excluding carboxylic acids is 2. The van der Waals surface area contributed by atoms with Crippen LogP contribution in [0.15, 0.2) is 60.7 Å². The monoisotopic (exact) mass is 502 g/mol. The van der Waals surface area contributed by atoms with Gasteiger partial charge in [0.1, 0.15) is 5.01 Å². The molecule has 0 aliphatic carbocycles. The fourth-order valence-electron chi connectivity index (χ4n) is 3.13. The Morgan fingerprint density at radius 2 is 1.74 bits per heavy atom. The van der Waals surface area contributed by atoms with Crippen molar-refractivity contribution >= 4 is 34.4 Å². The maximum atomic E-state index is 12.7. The molecular formula is C25H25F3N4O2S. The minimum atomic E-state index is -4.41. The molecule has 0 radical (unpaired) electrons. The van der Waals surface area contributed by atoms with Gasteiger partial charge in [-0.15, -0.1) is 10.2 Å². The van der Waals surface area contributed by atoms with Crippen LogP contribution < -0.4 is 5.32 Å². The van der Waals surface area contributed by atoms with Crippen LogP contribution in [0, 0.1) is 0 Å². The van der Waals surface area contributed by atoms with Gasteiger partial charge < -0.3 is 10.2 Å². The molecule has 0 spiro atoms. The molecule has 1 aromatic heterocycles. The normalized spacial score (nSPS) is 11.5. The molecule has 184 valence electrons. The Morgan fingerprint density at radius 3 is 2.40 bits per heavy atom. The standard InChI is InChI=1S/C25H25F3N4O2S/c1-2-3-16-32(22(34)14-9-18-7-5-4-6-8-18)17-15-21(33)29-24-31-30-23(35-24)19-10-12-20(13-11-19)25(26,27)28/h4-14H,2-3,15-17H2,1H3,(H,29,31,33)/b14-9+. The average molecular weight is 503 g/mol. The van der Waals surface area contributed by atoms with Crippen molar-refractivity contribution in [2.45, 2.75) is 32.4 Å². The Balaban J connectivity index is 1.56. The number of hydrogen-bond acceptors (Lipinski definition) is 5. The van der Waals surface area contributed by atoms with Crippen LogP contribution in [0.3, 0.4) is 0 Å². The van der Waals surface area contributed by atoms with Crippen LogP contribution >= 0.6 is 11.3 Å². The summed E-state index contributed by atoms with van der Waals surface area (Å²) < 4.78 is 38.2. The van der Waals surface area contributed by atoms with Crippen molar-refractivity contribution in [3.63, 3.8) is 0 Å². The zero-order chi connectivity index (χ0) is 25.3. The van der Waals surface area contributed by atoms with Crippen molar-refractivity contribution in [3.8, 4) is 10.6 Å². The van der Waals surface area contributed by atoms with Gasteiger partial charge in [0.2, 0.25) is 16.9 Å². The first-order valence-electron chi connectivity index (χ1n) is 11.1. The third-order valence-corrected chi connectivity index (χ3v) is 5.94. The Hall–Kier alpha value is -3.53. The Kier molecular flexibility index (Phi) is 9.13. The maximum Gasteiger partial charge on any atom is 0.416 e.